The van der Waals surface area contributed by atoms with Crippen molar-refractivity contribution in [1.82, 2.24) is 9.78 Å². The van der Waals surface area contributed by atoms with E-state index < -0.39 is 22.0 Å². The van der Waals surface area contributed by atoms with Gasteiger partial charge in [-0.1, -0.05) is 23.2 Å². The molecule has 3 aromatic rings. The molecular weight excluding hydrogens is 448 g/mol. The number of thiophene rings is 1. The number of aryl methyl sites for hydroxylation is 1. The second kappa shape index (κ2) is 7.01. The molecule has 0 saturated heterocycles. The van der Waals surface area contributed by atoms with Crippen LogP contribution in [-0.2, 0) is 23.3 Å². The molecule has 0 bridgehead atoms. The molecule has 0 radical (unpaired) electrons. The molecule has 3 rings (SSSR count). The number of alkyl halides is 3. The molecule has 2 aromatic heterocycles. The standard InChI is InChI=1S/C15H9Cl2F3N2O3S2/c1-22-13(15(18,19)20)7-11(21-22)12-2-3-14(26-12)27(23,24)25-10-5-8(16)4-9(17)6-10/h2-7H,1H3. The first-order valence-corrected chi connectivity index (χ1v) is 10.1. The lowest BCUT2D eigenvalue weighted by Crippen LogP contribution is -2.11. The van der Waals surface area contributed by atoms with Crippen molar-refractivity contribution in [3.8, 4) is 16.3 Å². The van der Waals surface area contributed by atoms with Gasteiger partial charge in [0.05, 0.1) is 4.88 Å². The molecule has 5 nitrogen and oxygen atoms in total. The molecule has 0 aliphatic rings. The van der Waals surface area contributed by atoms with Gasteiger partial charge in [0.1, 0.15) is 17.1 Å². The summed E-state index contributed by atoms with van der Waals surface area (Å²) in [4.78, 5) is 0.243. The van der Waals surface area contributed by atoms with E-state index in [1.54, 1.807) is 0 Å². The Morgan fingerprint density at radius 2 is 1.74 bits per heavy atom. The predicted octanol–water partition coefficient (Wildman–Crippen LogP) is 5.24. The lowest BCUT2D eigenvalue weighted by molar-refractivity contribution is -0.143. The van der Waals surface area contributed by atoms with E-state index in [4.69, 9.17) is 27.4 Å². The molecule has 0 fully saturated rings. The first-order chi connectivity index (χ1) is 12.5. The minimum atomic E-state index is -4.57. The van der Waals surface area contributed by atoms with Gasteiger partial charge < -0.3 is 4.18 Å². The zero-order valence-electron chi connectivity index (χ0n) is 13.3. The summed E-state index contributed by atoms with van der Waals surface area (Å²) < 4.78 is 68.9. The van der Waals surface area contributed by atoms with E-state index in [2.05, 4.69) is 5.10 Å². The van der Waals surface area contributed by atoms with Crippen molar-refractivity contribution in [1.29, 1.82) is 0 Å². The summed E-state index contributed by atoms with van der Waals surface area (Å²) in [6, 6.07) is 7.38. The molecule has 0 spiro atoms. The largest absolute Gasteiger partial charge is 0.433 e. The minimum absolute atomic E-state index is 0.00192. The highest BCUT2D eigenvalue weighted by Crippen LogP contribution is 2.36. The molecule has 2 heterocycles. The molecule has 0 unspecified atom stereocenters. The zero-order chi connectivity index (χ0) is 20.0. The zero-order valence-corrected chi connectivity index (χ0v) is 16.4. The van der Waals surface area contributed by atoms with Gasteiger partial charge in [-0.05, 0) is 24.3 Å². The maximum Gasteiger partial charge on any atom is 0.433 e. The summed E-state index contributed by atoms with van der Waals surface area (Å²) in [6.45, 7) is 0. The number of aromatic nitrogens is 2. The molecule has 1 aromatic carbocycles. The van der Waals surface area contributed by atoms with Crippen LogP contribution in [0.1, 0.15) is 5.69 Å². The van der Waals surface area contributed by atoms with Gasteiger partial charge in [0, 0.05) is 29.2 Å². The van der Waals surface area contributed by atoms with Crippen molar-refractivity contribution in [3.05, 3.63) is 52.1 Å². The Morgan fingerprint density at radius 3 is 2.30 bits per heavy atom. The van der Waals surface area contributed by atoms with E-state index >= 15 is 0 Å². The van der Waals surface area contributed by atoms with Crippen LogP contribution in [0, 0.1) is 0 Å². The maximum atomic E-state index is 12.9. The van der Waals surface area contributed by atoms with Crippen molar-refractivity contribution in [2.24, 2.45) is 7.05 Å². The Labute approximate surface area is 166 Å². The van der Waals surface area contributed by atoms with Crippen LogP contribution in [0.5, 0.6) is 5.75 Å². The smallest absolute Gasteiger partial charge is 0.378 e. The van der Waals surface area contributed by atoms with Gasteiger partial charge in [-0.15, -0.1) is 11.3 Å². The van der Waals surface area contributed by atoms with Crippen molar-refractivity contribution >= 4 is 44.7 Å². The van der Waals surface area contributed by atoms with Crippen LogP contribution in [0.25, 0.3) is 10.6 Å². The molecule has 0 aliphatic heterocycles. The molecule has 0 saturated carbocycles. The second-order valence-electron chi connectivity index (χ2n) is 5.30. The van der Waals surface area contributed by atoms with Crippen LogP contribution in [0.3, 0.4) is 0 Å². The highest BCUT2D eigenvalue weighted by molar-refractivity contribution is 7.89. The predicted molar refractivity (Wildman–Crippen MR) is 95.8 cm³/mol. The van der Waals surface area contributed by atoms with Crippen LogP contribution in [0.15, 0.2) is 40.6 Å². The minimum Gasteiger partial charge on any atom is -0.378 e. The number of hydrogen-bond acceptors (Lipinski definition) is 5. The third-order valence-corrected chi connectivity index (χ3v) is 6.53. The second-order valence-corrected chi connectivity index (χ2v) is 9.03. The van der Waals surface area contributed by atoms with Gasteiger partial charge in [-0.25, -0.2) is 0 Å². The molecule has 0 N–H and O–H groups in total. The monoisotopic (exact) mass is 456 g/mol. The maximum absolute atomic E-state index is 12.9. The fourth-order valence-corrected chi connectivity index (χ4v) is 4.83. The van der Waals surface area contributed by atoms with Crippen molar-refractivity contribution < 1.29 is 25.8 Å². The Hall–Kier alpha value is -1.75. The average Bonchev–Trinajstić information content (AvgIpc) is 3.11. The van der Waals surface area contributed by atoms with Crippen LogP contribution >= 0.6 is 34.5 Å². The fraction of sp³-hybridized carbons (Fsp3) is 0.133. The lowest BCUT2D eigenvalue weighted by Gasteiger charge is -2.06. The average molecular weight is 457 g/mol. The van der Waals surface area contributed by atoms with Gasteiger partial charge in [0.15, 0.2) is 4.21 Å². The first-order valence-electron chi connectivity index (χ1n) is 7.08. The molecule has 0 atom stereocenters. The van der Waals surface area contributed by atoms with Crippen molar-refractivity contribution in [2.45, 2.75) is 10.4 Å². The molecule has 0 amide bonds. The topological polar surface area (TPSA) is 61.2 Å². The Morgan fingerprint density at radius 1 is 1.11 bits per heavy atom. The van der Waals surface area contributed by atoms with E-state index in [9.17, 15) is 21.6 Å². The van der Waals surface area contributed by atoms with E-state index in [0.717, 1.165) is 24.5 Å². The Kier molecular flexibility index (Phi) is 5.19. The Bertz CT molecular complexity index is 1090. The molecule has 27 heavy (non-hydrogen) atoms. The van der Waals surface area contributed by atoms with Gasteiger partial charge in [0.2, 0.25) is 0 Å². The Balaban J connectivity index is 1.91. The van der Waals surface area contributed by atoms with E-state index in [1.807, 2.05) is 0 Å². The van der Waals surface area contributed by atoms with Crippen LogP contribution < -0.4 is 4.18 Å². The third-order valence-electron chi connectivity index (χ3n) is 3.29. The van der Waals surface area contributed by atoms with Crippen molar-refractivity contribution in [2.75, 3.05) is 0 Å². The summed E-state index contributed by atoms with van der Waals surface area (Å²) in [5.74, 6) is -0.0837. The van der Waals surface area contributed by atoms with Crippen LogP contribution in [0.4, 0.5) is 13.2 Å². The molecule has 0 aliphatic carbocycles. The highest BCUT2D eigenvalue weighted by atomic mass is 35.5. The van der Waals surface area contributed by atoms with E-state index in [1.165, 1.54) is 30.3 Å². The summed E-state index contributed by atoms with van der Waals surface area (Å²) in [5, 5.41) is 4.16. The number of hydrogen-bond donors (Lipinski definition) is 0. The summed E-state index contributed by atoms with van der Waals surface area (Å²) in [5.41, 5.74) is -0.942. The number of rotatable bonds is 4. The van der Waals surface area contributed by atoms with Gasteiger partial charge >= 0.3 is 16.3 Å². The quantitative estimate of drug-likeness (QED) is 0.503. The van der Waals surface area contributed by atoms with Gasteiger partial charge in [-0.2, -0.15) is 26.7 Å². The van der Waals surface area contributed by atoms with Crippen LogP contribution in [0.2, 0.25) is 10.0 Å². The number of nitrogens with zero attached hydrogens (tertiary/aromatic N) is 2. The van der Waals surface area contributed by atoms with E-state index in [-0.39, 0.29) is 30.6 Å². The van der Waals surface area contributed by atoms with E-state index in [0.29, 0.717) is 4.68 Å². The number of benzene rings is 1. The molecular formula is C15H9Cl2F3N2O3S2. The van der Waals surface area contributed by atoms with Crippen molar-refractivity contribution in [3.63, 3.8) is 0 Å². The highest BCUT2D eigenvalue weighted by Gasteiger charge is 2.35. The van der Waals surface area contributed by atoms with Gasteiger partial charge in [-0.3, -0.25) is 4.68 Å². The molecule has 12 heteroatoms. The SMILES string of the molecule is Cn1nc(-c2ccc(S(=O)(=O)Oc3cc(Cl)cc(Cl)c3)s2)cc1C(F)(F)F. The first kappa shape index (κ1) is 20.0. The third kappa shape index (κ3) is 4.40. The normalized spacial score (nSPS) is 12.4. The molecule has 144 valence electrons. The summed E-state index contributed by atoms with van der Waals surface area (Å²) in [7, 11) is -3.06. The van der Waals surface area contributed by atoms with Crippen LogP contribution in [-0.4, -0.2) is 18.2 Å². The van der Waals surface area contributed by atoms with Gasteiger partial charge in [0.25, 0.3) is 0 Å². The number of halogens is 5. The fourth-order valence-electron chi connectivity index (χ4n) is 2.19. The summed E-state index contributed by atoms with van der Waals surface area (Å²) in [6.07, 6.45) is -4.57. The summed E-state index contributed by atoms with van der Waals surface area (Å²) >= 11 is 12.3. The lowest BCUT2D eigenvalue weighted by atomic mass is 10.3.